The lowest BCUT2D eigenvalue weighted by Gasteiger charge is -2.10. The Morgan fingerprint density at radius 2 is 1.93 bits per heavy atom. The van der Waals surface area contributed by atoms with Crippen LogP contribution in [0.3, 0.4) is 0 Å². The zero-order valence-corrected chi connectivity index (χ0v) is 17.5. The molecule has 0 aliphatic rings. The van der Waals surface area contributed by atoms with Gasteiger partial charge in [0.15, 0.2) is 0 Å². The molecule has 0 atom stereocenters. The number of amides is 1. The molecule has 4 rings (SSSR count). The lowest BCUT2D eigenvalue weighted by Crippen LogP contribution is -2.18. The van der Waals surface area contributed by atoms with Crippen LogP contribution < -0.4 is 5.32 Å². The monoisotopic (exact) mass is 419 g/mol. The number of tetrazole rings is 1. The molecule has 2 aromatic carbocycles. The Labute approximate surface area is 178 Å². The first-order valence-corrected chi connectivity index (χ1v) is 10.4. The molecule has 0 fully saturated rings. The second-order valence-electron chi connectivity index (χ2n) is 6.86. The highest BCUT2D eigenvalue weighted by Crippen LogP contribution is 2.22. The van der Waals surface area contributed by atoms with Gasteiger partial charge in [0.2, 0.25) is 11.1 Å². The molecule has 8 nitrogen and oxygen atoms in total. The average Bonchev–Trinajstić information content (AvgIpc) is 3.38. The third-order valence-corrected chi connectivity index (χ3v) is 5.44. The van der Waals surface area contributed by atoms with E-state index < -0.39 is 0 Å². The second-order valence-corrected chi connectivity index (χ2v) is 7.80. The number of thioether (sulfide) groups is 1. The lowest BCUT2D eigenvalue weighted by molar-refractivity contribution is -0.113. The lowest BCUT2D eigenvalue weighted by atomic mass is 10.1. The maximum Gasteiger partial charge on any atom is 0.235 e. The fraction of sp³-hybridized carbons (Fsp3) is 0.190. The SMILES string of the molecule is Cc1ccc(C)c(-n2nnnc2SCC(=O)Nc2ccnn2Cc2ccccc2)c1. The van der Waals surface area contributed by atoms with Crippen molar-refractivity contribution in [3.8, 4) is 5.69 Å². The normalized spacial score (nSPS) is 10.9. The van der Waals surface area contributed by atoms with Gasteiger partial charge in [0.1, 0.15) is 5.82 Å². The van der Waals surface area contributed by atoms with Crippen LogP contribution in [-0.2, 0) is 11.3 Å². The molecule has 1 N–H and O–H groups in total. The highest BCUT2D eigenvalue weighted by molar-refractivity contribution is 7.99. The van der Waals surface area contributed by atoms with Gasteiger partial charge in [0.05, 0.1) is 24.2 Å². The minimum atomic E-state index is -0.148. The smallest absolute Gasteiger partial charge is 0.235 e. The summed E-state index contributed by atoms with van der Waals surface area (Å²) in [7, 11) is 0. The van der Waals surface area contributed by atoms with Crippen molar-refractivity contribution in [1.82, 2.24) is 30.0 Å². The molecular formula is C21H21N7OS. The van der Waals surface area contributed by atoms with Crippen LogP contribution in [-0.4, -0.2) is 41.6 Å². The first-order chi connectivity index (χ1) is 14.6. The average molecular weight is 420 g/mol. The van der Waals surface area contributed by atoms with Crippen LogP contribution >= 0.6 is 11.8 Å². The van der Waals surface area contributed by atoms with Gasteiger partial charge in [-0.3, -0.25) is 4.79 Å². The molecule has 1 amide bonds. The number of nitrogens with zero attached hydrogens (tertiary/aromatic N) is 6. The third-order valence-electron chi connectivity index (χ3n) is 4.53. The molecule has 2 aromatic heterocycles. The highest BCUT2D eigenvalue weighted by atomic mass is 32.2. The number of hydrogen-bond donors (Lipinski definition) is 1. The van der Waals surface area contributed by atoms with Crippen molar-refractivity contribution < 1.29 is 4.79 Å². The van der Waals surface area contributed by atoms with E-state index in [1.807, 2.05) is 62.4 Å². The van der Waals surface area contributed by atoms with Crippen molar-refractivity contribution in [2.75, 3.05) is 11.1 Å². The Bertz CT molecular complexity index is 1150. The van der Waals surface area contributed by atoms with Gasteiger partial charge in [0.25, 0.3) is 0 Å². The van der Waals surface area contributed by atoms with Crippen molar-refractivity contribution in [3.63, 3.8) is 0 Å². The van der Waals surface area contributed by atoms with Crippen LogP contribution in [0.15, 0.2) is 66.0 Å². The third kappa shape index (κ3) is 4.57. The Kier molecular flexibility index (Phi) is 5.89. The van der Waals surface area contributed by atoms with E-state index in [9.17, 15) is 4.79 Å². The van der Waals surface area contributed by atoms with E-state index in [-0.39, 0.29) is 11.7 Å². The molecular weight excluding hydrogens is 398 g/mol. The van der Waals surface area contributed by atoms with E-state index in [1.54, 1.807) is 21.6 Å². The molecule has 0 radical (unpaired) electrons. The Hall–Kier alpha value is -3.46. The standard InChI is InChI=1S/C21H21N7OS/c1-15-8-9-16(2)18(12-15)28-21(24-25-26-28)30-14-20(29)23-19-10-11-22-27(19)13-17-6-4-3-5-7-17/h3-12H,13-14H2,1-2H3,(H,23,29). The maximum absolute atomic E-state index is 12.5. The van der Waals surface area contributed by atoms with E-state index in [0.717, 1.165) is 22.4 Å². The predicted molar refractivity (Wildman–Crippen MR) is 116 cm³/mol. The Morgan fingerprint density at radius 1 is 1.10 bits per heavy atom. The molecule has 152 valence electrons. The van der Waals surface area contributed by atoms with E-state index in [2.05, 4.69) is 25.9 Å². The van der Waals surface area contributed by atoms with Crippen LogP contribution in [0, 0.1) is 13.8 Å². The molecule has 2 heterocycles. The van der Waals surface area contributed by atoms with E-state index in [4.69, 9.17) is 0 Å². The highest BCUT2D eigenvalue weighted by Gasteiger charge is 2.14. The van der Waals surface area contributed by atoms with Gasteiger partial charge >= 0.3 is 0 Å². The van der Waals surface area contributed by atoms with E-state index >= 15 is 0 Å². The van der Waals surface area contributed by atoms with Gasteiger partial charge < -0.3 is 5.32 Å². The minimum Gasteiger partial charge on any atom is -0.310 e. The summed E-state index contributed by atoms with van der Waals surface area (Å²) in [5, 5.41) is 19.7. The molecule has 0 unspecified atom stereocenters. The molecule has 0 saturated carbocycles. The van der Waals surface area contributed by atoms with Crippen molar-refractivity contribution in [2.45, 2.75) is 25.5 Å². The number of hydrogen-bond acceptors (Lipinski definition) is 6. The van der Waals surface area contributed by atoms with Crippen molar-refractivity contribution >= 4 is 23.5 Å². The fourth-order valence-corrected chi connectivity index (χ4v) is 3.68. The Balaban J connectivity index is 1.41. The summed E-state index contributed by atoms with van der Waals surface area (Å²) in [5.74, 6) is 0.686. The van der Waals surface area contributed by atoms with Crippen LogP contribution in [0.4, 0.5) is 5.82 Å². The number of rotatable bonds is 7. The predicted octanol–water partition coefficient (Wildman–Crippen LogP) is 3.25. The number of aromatic nitrogens is 6. The number of carbonyl (C=O) groups is 1. The number of benzene rings is 2. The van der Waals surface area contributed by atoms with Crippen LogP contribution in [0.25, 0.3) is 5.69 Å². The van der Waals surface area contributed by atoms with E-state index in [1.165, 1.54) is 11.8 Å². The second kappa shape index (κ2) is 8.91. The quantitative estimate of drug-likeness (QED) is 0.463. The topological polar surface area (TPSA) is 90.5 Å². The number of carbonyl (C=O) groups excluding carboxylic acids is 1. The van der Waals surface area contributed by atoms with Crippen LogP contribution in [0.2, 0.25) is 0 Å². The molecule has 0 spiro atoms. The maximum atomic E-state index is 12.5. The summed E-state index contributed by atoms with van der Waals surface area (Å²) in [4.78, 5) is 12.5. The van der Waals surface area contributed by atoms with Gasteiger partial charge in [-0.25, -0.2) is 4.68 Å². The number of nitrogens with one attached hydrogen (secondary N) is 1. The van der Waals surface area contributed by atoms with Gasteiger partial charge in [-0.2, -0.15) is 9.78 Å². The molecule has 0 aliphatic heterocycles. The minimum absolute atomic E-state index is 0.148. The van der Waals surface area contributed by atoms with Crippen molar-refractivity contribution in [1.29, 1.82) is 0 Å². The molecule has 0 aliphatic carbocycles. The fourth-order valence-electron chi connectivity index (χ4n) is 3.00. The summed E-state index contributed by atoms with van der Waals surface area (Å²) in [6.45, 7) is 4.61. The van der Waals surface area contributed by atoms with Crippen molar-refractivity contribution in [3.05, 3.63) is 77.5 Å². The molecule has 0 saturated heterocycles. The molecule has 0 bridgehead atoms. The van der Waals surface area contributed by atoms with Crippen LogP contribution in [0.1, 0.15) is 16.7 Å². The van der Waals surface area contributed by atoms with Gasteiger partial charge in [0, 0.05) is 6.07 Å². The first kappa shape index (κ1) is 19.8. The number of anilines is 1. The van der Waals surface area contributed by atoms with Crippen LogP contribution in [0.5, 0.6) is 0 Å². The molecule has 30 heavy (non-hydrogen) atoms. The Morgan fingerprint density at radius 3 is 2.77 bits per heavy atom. The first-order valence-electron chi connectivity index (χ1n) is 9.44. The summed E-state index contributed by atoms with van der Waals surface area (Å²) in [6, 6.07) is 17.9. The largest absolute Gasteiger partial charge is 0.310 e. The summed E-state index contributed by atoms with van der Waals surface area (Å²) >= 11 is 1.29. The summed E-state index contributed by atoms with van der Waals surface area (Å²) in [6.07, 6.45) is 1.67. The summed E-state index contributed by atoms with van der Waals surface area (Å²) < 4.78 is 3.43. The van der Waals surface area contributed by atoms with Gasteiger partial charge in [-0.1, -0.05) is 54.2 Å². The zero-order chi connectivity index (χ0) is 20.9. The van der Waals surface area contributed by atoms with Gasteiger partial charge in [-0.05, 0) is 47.0 Å². The summed E-state index contributed by atoms with van der Waals surface area (Å²) in [5.41, 5.74) is 4.19. The number of aryl methyl sites for hydroxylation is 2. The zero-order valence-electron chi connectivity index (χ0n) is 16.7. The van der Waals surface area contributed by atoms with E-state index in [0.29, 0.717) is 17.5 Å². The molecule has 9 heteroatoms. The molecule has 4 aromatic rings. The van der Waals surface area contributed by atoms with Crippen molar-refractivity contribution in [2.24, 2.45) is 0 Å². The van der Waals surface area contributed by atoms with Gasteiger partial charge in [-0.15, -0.1) is 5.10 Å².